The molecular formula is C15H26O2. The zero-order valence-corrected chi connectivity index (χ0v) is 11.4. The molecule has 17 heavy (non-hydrogen) atoms. The van der Waals surface area contributed by atoms with Gasteiger partial charge in [-0.2, -0.15) is 0 Å². The summed E-state index contributed by atoms with van der Waals surface area (Å²) in [6.07, 6.45) is 5.67. The van der Waals surface area contributed by atoms with Gasteiger partial charge >= 0.3 is 0 Å². The van der Waals surface area contributed by atoms with Gasteiger partial charge in [0.25, 0.3) is 0 Å². The normalized spacial score (nSPS) is 35.6. The maximum absolute atomic E-state index is 12.5. The summed E-state index contributed by atoms with van der Waals surface area (Å²) in [7, 11) is 0. The first kappa shape index (κ1) is 13.1. The fraction of sp³-hybridized carbons (Fsp3) is 0.933. The van der Waals surface area contributed by atoms with Gasteiger partial charge in [0, 0.05) is 12.5 Å². The van der Waals surface area contributed by atoms with E-state index < -0.39 is 0 Å². The Hall–Kier alpha value is -0.370. The van der Waals surface area contributed by atoms with Crippen molar-refractivity contribution in [3.05, 3.63) is 0 Å². The third kappa shape index (κ3) is 3.09. The third-order valence-electron chi connectivity index (χ3n) is 4.68. The fourth-order valence-electron chi connectivity index (χ4n) is 3.07. The van der Waals surface area contributed by atoms with Crippen molar-refractivity contribution in [2.75, 3.05) is 6.61 Å². The van der Waals surface area contributed by atoms with E-state index in [1.165, 1.54) is 19.3 Å². The number of hydrogen-bond donors (Lipinski definition) is 0. The lowest BCUT2D eigenvalue weighted by Crippen LogP contribution is -2.36. The molecule has 4 unspecified atom stereocenters. The summed E-state index contributed by atoms with van der Waals surface area (Å²) >= 11 is 0. The van der Waals surface area contributed by atoms with E-state index in [9.17, 15) is 4.79 Å². The van der Waals surface area contributed by atoms with Crippen LogP contribution in [0.25, 0.3) is 0 Å². The van der Waals surface area contributed by atoms with Gasteiger partial charge in [-0.25, -0.2) is 0 Å². The molecule has 0 amide bonds. The smallest absolute Gasteiger partial charge is 0.164 e. The molecule has 0 saturated heterocycles. The Morgan fingerprint density at radius 2 is 1.88 bits per heavy atom. The summed E-state index contributed by atoms with van der Waals surface area (Å²) in [6.45, 7) is 7.27. The van der Waals surface area contributed by atoms with Crippen LogP contribution in [0.5, 0.6) is 0 Å². The first-order valence-electron chi connectivity index (χ1n) is 7.28. The van der Waals surface area contributed by atoms with Crippen LogP contribution in [0.3, 0.4) is 0 Å². The zero-order valence-electron chi connectivity index (χ0n) is 11.4. The maximum Gasteiger partial charge on any atom is 0.164 e. The number of rotatable bonds is 5. The van der Waals surface area contributed by atoms with Crippen LogP contribution in [-0.4, -0.2) is 18.5 Å². The lowest BCUT2D eigenvalue weighted by atomic mass is 9.73. The van der Waals surface area contributed by atoms with Crippen LogP contribution in [0.1, 0.15) is 52.9 Å². The number of ketones is 1. The number of carbonyl (C=O) groups excluding carboxylic acids is 1. The largest absolute Gasteiger partial charge is 0.370 e. The number of ether oxygens (including phenoxy) is 1. The van der Waals surface area contributed by atoms with Crippen LogP contribution in [-0.2, 0) is 9.53 Å². The van der Waals surface area contributed by atoms with Crippen molar-refractivity contribution in [2.24, 2.45) is 23.7 Å². The molecule has 0 N–H and O–H groups in total. The van der Waals surface area contributed by atoms with Crippen molar-refractivity contribution < 1.29 is 9.53 Å². The van der Waals surface area contributed by atoms with Crippen molar-refractivity contribution in [1.82, 2.24) is 0 Å². The first-order chi connectivity index (χ1) is 8.13. The Bertz CT molecular complexity index is 270. The van der Waals surface area contributed by atoms with Gasteiger partial charge in [-0.1, -0.05) is 13.8 Å². The van der Waals surface area contributed by atoms with E-state index in [2.05, 4.69) is 13.8 Å². The van der Waals surface area contributed by atoms with Gasteiger partial charge in [-0.05, 0) is 56.8 Å². The lowest BCUT2D eigenvalue weighted by molar-refractivity contribution is -0.137. The first-order valence-corrected chi connectivity index (χ1v) is 7.28. The van der Waals surface area contributed by atoms with Gasteiger partial charge in [0.05, 0.1) is 0 Å². The predicted molar refractivity (Wildman–Crippen MR) is 68.8 cm³/mol. The van der Waals surface area contributed by atoms with Crippen LogP contribution in [0.4, 0.5) is 0 Å². The van der Waals surface area contributed by atoms with Crippen LogP contribution >= 0.6 is 0 Å². The van der Waals surface area contributed by atoms with Gasteiger partial charge in [0.1, 0.15) is 6.10 Å². The molecule has 0 aromatic rings. The molecule has 0 aromatic heterocycles. The molecule has 0 bridgehead atoms. The van der Waals surface area contributed by atoms with Crippen LogP contribution < -0.4 is 0 Å². The van der Waals surface area contributed by atoms with Crippen molar-refractivity contribution in [3.63, 3.8) is 0 Å². The highest BCUT2D eigenvalue weighted by atomic mass is 16.5. The van der Waals surface area contributed by atoms with E-state index >= 15 is 0 Å². The van der Waals surface area contributed by atoms with Gasteiger partial charge in [0.2, 0.25) is 0 Å². The van der Waals surface area contributed by atoms with Gasteiger partial charge < -0.3 is 4.74 Å². The molecule has 2 heteroatoms. The van der Waals surface area contributed by atoms with Crippen molar-refractivity contribution in [1.29, 1.82) is 0 Å². The fourth-order valence-corrected chi connectivity index (χ4v) is 3.07. The molecule has 98 valence electrons. The molecule has 0 aromatic carbocycles. The van der Waals surface area contributed by atoms with E-state index in [1.807, 2.05) is 6.92 Å². The van der Waals surface area contributed by atoms with E-state index in [1.54, 1.807) is 0 Å². The quantitative estimate of drug-likeness (QED) is 0.733. The minimum Gasteiger partial charge on any atom is -0.370 e. The Morgan fingerprint density at radius 3 is 2.41 bits per heavy atom. The van der Waals surface area contributed by atoms with Crippen LogP contribution in [0.15, 0.2) is 0 Å². The average Bonchev–Trinajstić information content (AvgIpc) is 3.13. The summed E-state index contributed by atoms with van der Waals surface area (Å²) in [4.78, 5) is 12.5. The molecule has 2 aliphatic carbocycles. The second kappa shape index (κ2) is 5.51. The molecule has 0 aliphatic heterocycles. The molecule has 2 fully saturated rings. The molecule has 0 radical (unpaired) electrons. The highest BCUT2D eigenvalue weighted by Crippen LogP contribution is 2.40. The number of carbonyl (C=O) groups is 1. The Labute approximate surface area is 105 Å². The molecule has 4 atom stereocenters. The van der Waals surface area contributed by atoms with Gasteiger partial charge in [0.15, 0.2) is 5.78 Å². The highest BCUT2D eigenvalue weighted by molar-refractivity contribution is 5.86. The Morgan fingerprint density at radius 1 is 1.18 bits per heavy atom. The highest BCUT2D eigenvalue weighted by Gasteiger charge is 2.41. The molecule has 2 aliphatic rings. The summed E-state index contributed by atoms with van der Waals surface area (Å²) in [5.41, 5.74) is 0. The molecule has 2 nitrogen and oxygen atoms in total. The van der Waals surface area contributed by atoms with Gasteiger partial charge in [-0.3, -0.25) is 4.79 Å². The van der Waals surface area contributed by atoms with Gasteiger partial charge in [-0.15, -0.1) is 0 Å². The SMILES string of the molecule is CCOC(C(=O)C1CCC(C)C(C)C1)C1CC1. The third-order valence-corrected chi connectivity index (χ3v) is 4.68. The van der Waals surface area contributed by atoms with E-state index in [-0.39, 0.29) is 12.0 Å². The maximum atomic E-state index is 12.5. The minimum absolute atomic E-state index is 0.0781. The topological polar surface area (TPSA) is 26.3 Å². The Kier molecular flexibility index (Phi) is 4.24. The summed E-state index contributed by atoms with van der Waals surface area (Å²) in [5, 5.41) is 0. The molecule has 2 saturated carbocycles. The predicted octanol–water partition coefficient (Wildman–Crippen LogP) is 3.44. The molecule has 0 spiro atoms. The van der Waals surface area contributed by atoms with Crippen LogP contribution in [0, 0.1) is 23.7 Å². The summed E-state index contributed by atoms with van der Waals surface area (Å²) in [5.74, 6) is 2.70. The summed E-state index contributed by atoms with van der Waals surface area (Å²) in [6, 6.07) is 0. The Balaban J connectivity index is 1.93. The molecular weight excluding hydrogens is 212 g/mol. The van der Waals surface area contributed by atoms with Crippen LogP contribution in [0.2, 0.25) is 0 Å². The van der Waals surface area contributed by atoms with E-state index in [4.69, 9.17) is 4.74 Å². The average molecular weight is 238 g/mol. The van der Waals surface area contributed by atoms with E-state index in [0.29, 0.717) is 24.2 Å². The van der Waals surface area contributed by atoms with Crippen molar-refractivity contribution in [3.8, 4) is 0 Å². The standard InChI is InChI=1S/C15H26O2/c1-4-17-15(12-7-8-12)14(16)13-6-5-10(2)11(3)9-13/h10-13,15H,4-9H2,1-3H3. The monoisotopic (exact) mass is 238 g/mol. The number of Topliss-reactive ketones (excluding diaryl/α,β-unsaturated/α-hetero) is 1. The number of hydrogen-bond acceptors (Lipinski definition) is 2. The second-order valence-corrected chi connectivity index (χ2v) is 6.08. The van der Waals surface area contributed by atoms with Crippen molar-refractivity contribution in [2.45, 2.75) is 59.0 Å². The second-order valence-electron chi connectivity index (χ2n) is 6.08. The molecule has 0 heterocycles. The molecule has 2 rings (SSSR count). The summed E-state index contributed by atoms with van der Waals surface area (Å²) < 4.78 is 5.69. The minimum atomic E-state index is -0.0781. The van der Waals surface area contributed by atoms with E-state index in [0.717, 1.165) is 18.8 Å². The van der Waals surface area contributed by atoms with Crippen molar-refractivity contribution >= 4 is 5.78 Å². The lowest BCUT2D eigenvalue weighted by Gasteiger charge is -2.33. The zero-order chi connectivity index (χ0) is 12.4.